The summed E-state index contributed by atoms with van der Waals surface area (Å²) >= 11 is 0.882. The highest BCUT2D eigenvalue weighted by Gasteiger charge is 2.09. The molecule has 100 valence electrons. The minimum atomic E-state index is -0.364. The summed E-state index contributed by atoms with van der Waals surface area (Å²) in [6.45, 7) is 2.07. The molecule has 0 spiro atoms. The zero-order valence-electron chi connectivity index (χ0n) is 10.3. The van der Waals surface area contributed by atoms with E-state index in [1.807, 2.05) is 0 Å². The van der Waals surface area contributed by atoms with Crippen molar-refractivity contribution in [1.29, 1.82) is 0 Å². The molecule has 8 heteroatoms. The molecule has 1 aromatic heterocycles. The standard InChI is InChI=1S/C10H14N2O5S/c1-4-16-9(13)6-18-17-10-11-7(14-2)5-8(12-10)15-3/h5H,4,6H2,1-3H3. The van der Waals surface area contributed by atoms with E-state index in [-0.39, 0.29) is 17.7 Å². The highest BCUT2D eigenvalue weighted by atomic mass is 32.2. The highest BCUT2D eigenvalue weighted by molar-refractivity contribution is 7.95. The first kappa shape index (κ1) is 14.4. The summed E-state index contributed by atoms with van der Waals surface area (Å²) < 4.78 is 19.8. The second-order valence-corrected chi connectivity index (χ2v) is 3.58. The maximum atomic E-state index is 11.1. The largest absolute Gasteiger partial charge is 0.481 e. The molecule has 0 atom stereocenters. The monoisotopic (exact) mass is 274 g/mol. The Morgan fingerprint density at radius 2 is 1.89 bits per heavy atom. The number of hydrogen-bond donors (Lipinski definition) is 0. The van der Waals surface area contributed by atoms with Gasteiger partial charge in [-0.1, -0.05) is 0 Å². The van der Waals surface area contributed by atoms with Gasteiger partial charge in [-0.2, -0.15) is 9.97 Å². The maximum absolute atomic E-state index is 11.1. The molecule has 1 aromatic rings. The summed E-state index contributed by atoms with van der Waals surface area (Å²) in [6, 6.07) is 1.57. The number of esters is 1. The molecule has 0 saturated heterocycles. The smallest absolute Gasteiger partial charge is 0.335 e. The SMILES string of the molecule is CCOC(=O)CSOc1nc(OC)cc(OC)n1. The topological polar surface area (TPSA) is 79.8 Å². The molecule has 0 fully saturated rings. The number of nitrogens with zero attached hydrogens (tertiary/aromatic N) is 2. The first-order valence-electron chi connectivity index (χ1n) is 5.11. The molecule has 0 aliphatic heterocycles. The van der Waals surface area contributed by atoms with Gasteiger partial charge in [0.25, 0.3) is 0 Å². The van der Waals surface area contributed by atoms with E-state index in [1.54, 1.807) is 6.92 Å². The molecule has 18 heavy (non-hydrogen) atoms. The van der Waals surface area contributed by atoms with Crippen molar-refractivity contribution in [2.24, 2.45) is 0 Å². The average molecular weight is 274 g/mol. The first-order chi connectivity index (χ1) is 8.69. The molecule has 0 amide bonds. The van der Waals surface area contributed by atoms with E-state index in [0.717, 1.165) is 12.0 Å². The van der Waals surface area contributed by atoms with Crippen molar-refractivity contribution in [3.05, 3.63) is 6.07 Å². The normalized spacial score (nSPS) is 9.72. The summed E-state index contributed by atoms with van der Waals surface area (Å²) in [5.74, 6) is 0.316. The number of carbonyl (C=O) groups is 1. The highest BCUT2D eigenvalue weighted by Crippen LogP contribution is 2.21. The average Bonchev–Trinajstić information content (AvgIpc) is 2.38. The molecule has 7 nitrogen and oxygen atoms in total. The minimum absolute atomic E-state index is 0.0523. The number of carbonyl (C=O) groups excluding carboxylic acids is 1. The fourth-order valence-electron chi connectivity index (χ4n) is 0.963. The summed E-state index contributed by atoms with van der Waals surface area (Å²) in [4.78, 5) is 18.9. The first-order valence-corrected chi connectivity index (χ1v) is 6.02. The van der Waals surface area contributed by atoms with Gasteiger partial charge in [-0.3, -0.25) is 4.79 Å². The molecule has 0 aromatic carbocycles. The fourth-order valence-corrected chi connectivity index (χ4v) is 1.38. The van der Waals surface area contributed by atoms with E-state index in [9.17, 15) is 4.79 Å². The molecule has 0 aliphatic carbocycles. The number of aromatic nitrogens is 2. The van der Waals surface area contributed by atoms with Crippen LogP contribution in [0.25, 0.3) is 0 Å². The summed E-state index contributed by atoms with van der Waals surface area (Å²) in [7, 11) is 2.94. The predicted molar refractivity (Wildman–Crippen MR) is 64.9 cm³/mol. The second kappa shape index (κ2) is 7.59. The molecule has 0 bridgehead atoms. The Labute approximate surface area is 109 Å². The van der Waals surface area contributed by atoms with Gasteiger partial charge in [0, 0.05) is 0 Å². The van der Waals surface area contributed by atoms with Crippen LogP contribution in [0.5, 0.6) is 17.8 Å². The molecule has 1 rings (SSSR count). The Kier molecular flexibility index (Phi) is 6.06. The maximum Gasteiger partial charge on any atom is 0.335 e. The summed E-state index contributed by atoms with van der Waals surface area (Å²) in [6.07, 6.45) is 0. The predicted octanol–water partition coefficient (Wildman–Crippen LogP) is 1.08. The van der Waals surface area contributed by atoms with Gasteiger partial charge in [0.1, 0.15) is 5.75 Å². The lowest BCUT2D eigenvalue weighted by atomic mass is 10.6. The van der Waals surface area contributed by atoms with Crippen LogP contribution in [0, 0.1) is 0 Å². The molecule has 1 heterocycles. The molecule has 0 saturated carbocycles. The minimum Gasteiger partial charge on any atom is -0.481 e. The van der Waals surface area contributed by atoms with Crippen molar-refractivity contribution in [3.8, 4) is 17.8 Å². The van der Waals surface area contributed by atoms with Crippen LogP contribution >= 0.6 is 12.0 Å². The zero-order valence-corrected chi connectivity index (χ0v) is 11.2. The van der Waals surface area contributed by atoms with E-state index in [2.05, 4.69) is 9.97 Å². The van der Waals surface area contributed by atoms with Crippen molar-refractivity contribution >= 4 is 18.0 Å². The lowest BCUT2D eigenvalue weighted by molar-refractivity contribution is -0.139. The van der Waals surface area contributed by atoms with E-state index < -0.39 is 0 Å². The summed E-state index contributed by atoms with van der Waals surface area (Å²) in [5, 5.41) is 0. The van der Waals surface area contributed by atoms with Gasteiger partial charge in [-0.05, 0) is 6.92 Å². The van der Waals surface area contributed by atoms with Crippen LogP contribution in [0.2, 0.25) is 0 Å². The lowest BCUT2D eigenvalue weighted by Gasteiger charge is -2.06. The Morgan fingerprint density at radius 3 is 2.39 bits per heavy atom. The number of hydrogen-bond acceptors (Lipinski definition) is 8. The summed E-state index contributed by atoms with van der Waals surface area (Å²) in [5.41, 5.74) is 0. The Hall–Kier alpha value is -1.70. The van der Waals surface area contributed by atoms with Crippen molar-refractivity contribution in [1.82, 2.24) is 9.97 Å². The van der Waals surface area contributed by atoms with Gasteiger partial charge in [0.15, 0.2) is 0 Å². The molecule has 0 unspecified atom stereocenters. The Morgan fingerprint density at radius 1 is 1.28 bits per heavy atom. The van der Waals surface area contributed by atoms with Crippen LogP contribution in [0.15, 0.2) is 6.07 Å². The third-order valence-electron chi connectivity index (χ3n) is 1.69. The van der Waals surface area contributed by atoms with Crippen LogP contribution in [-0.4, -0.2) is 42.5 Å². The lowest BCUT2D eigenvalue weighted by Crippen LogP contribution is -2.08. The molecule has 0 radical (unpaired) electrons. The number of methoxy groups -OCH3 is 2. The zero-order chi connectivity index (χ0) is 13.4. The molecule has 0 aliphatic rings. The van der Waals surface area contributed by atoms with Gasteiger partial charge in [-0.25, -0.2) is 0 Å². The quantitative estimate of drug-likeness (QED) is 0.540. The van der Waals surface area contributed by atoms with Crippen LogP contribution in [0.1, 0.15) is 6.92 Å². The van der Waals surface area contributed by atoms with Gasteiger partial charge in [0.05, 0.1) is 38.9 Å². The van der Waals surface area contributed by atoms with Crippen LogP contribution < -0.4 is 13.7 Å². The van der Waals surface area contributed by atoms with Crippen molar-refractivity contribution in [3.63, 3.8) is 0 Å². The fraction of sp³-hybridized carbons (Fsp3) is 0.500. The van der Waals surface area contributed by atoms with Crippen molar-refractivity contribution in [2.75, 3.05) is 26.6 Å². The number of rotatable bonds is 7. The van der Waals surface area contributed by atoms with E-state index >= 15 is 0 Å². The Balaban J connectivity index is 2.53. The van der Waals surface area contributed by atoms with Gasteiger partial charge < -0.3 is 18.4 Å². The van der Waals surface area contributed by atoms with Crippen molar-refractivity contribution < 1.29 is 23.2 Å². The second-order valence-electron chi connectivity index (χ2n) is 2.89. The van der Waals surface area contributed by atoms with E-state index in [0.29, 0.717) is 18.4 Å². The van der Waals surface area contributed by atoms with Crippen molar-refractivity contribution in [2.45, 2.75) is 6.92 Å². The number of ether oxygens (including phenoxy) is 3. The van der Waals surface area contributed by atoms with Crippen LogP contribution in [0.3, 0.4) is 0 Å². The Bertz CT molecular complexity index is 380. The van der Waals surface area contributed by atoms with Gasteiger partial charge >= 0.3 is 12.0 Å². The third kappa shape index (κ3) is 4.66. The molecule has 0 N–H and O–H groups in total. The molecular weight excluding hydrogens is 260 g/mol. The molecular formula is C10H14N2O5S. The van der Waals surface area contributed by atoms with E-state index in [1.165, 1.54) is 20.3 Å². The van der Waals surface area contributed by atoms with Gasteiger partial charge in [-0.15, -0.1) is 0 Å². The third-order valence-corrected chi connectivity index (χ3v) is 2.31. The van der Waals surface area contributed by atoms with E-state index in [4.69, 9.17) is 18.4 Å². The van der Waals surface area contributed by atoms with Crippen LogP contribution in [-0.2, 0) is 9.53 Å². The van der Waals surface area contributed by atoms with Crippen LogP contribution in [0.4, 0.5) is 0 Å². The van der Waals surface area contributed by atoms with Gasteiger partial charge in [0.2, 0.25) is 11.8 Å².